The maximum atomic E-state index is 10.8. The molecular weight excluding hydrogens is 184 g/mol. The van der Waals surface area contributed by atoms with E-state index in [2.05, 4.69) is 25.1 Å². The predicted octanol–water partition coefficient (Wildman–Crippen LogP) is 3.85. The maximum absolute atomic E-state index is 10.8. The lowest BCUT2D eigenvalue weighted by Gasteiger charge is -2.06. The highest BCUT2D eigenvalue weighted by molar-refractivity contribution is 5.75. The van der Waals surface area contributed by atoms with Gasteiger partial charge in [0.05, 0.1) is 0 Å². The monoisotopic (exact) mass is 202 g/mol. The van der Waals surface area contributed by atoms with Crippen molar-refractivity contribution in [2.75, 3.05) is 0 Å². The molecule has 0 heterocycles. The van der Waals surface area contributed by atoms with Crippen LogP contribution in [0.25, 0.3) is 5.57 Å². The molecule has 0 aliphatic heterocycles. The second-order valence-corrected chi connectivity index (χ2v) is 3.74. The summed E-state index contributed by atoms with van der Waals surface area (Å²) in [5.41, 5.74) is 2.60. The third-order valence-corrected chi connectivity index (χ3v) is 2.47. The molecule has 1 aromatic rings. The zero-order valence-corrected chi connectivity index (χ0v) is 9.49. The number of allylic oxidation sites excluding steroid dienone is 2. The fraction of sp³-hybridized carbons (Fsp3) is 0.357. The van der Waals surface area contributed by atoms with Crippen molar-refractivity contribution in [1.82, 2.24) is 0 Å². The van der Waals surface area contributed by atoms with Gasteiger partial charge in [-0.05, 0) is 37.8 Å². The van der Waals surface area contributed by atoms with Gasteiger partial charge in [-0.25, -0.2) is 0 Å². The number of benzene rings is 1. The summed E-state index contributed by atoms with van der Waals surface area (Å²) in [5.74, 6) is 0.276. The minimum Gasteiger partial charge on any atom is -0.300 e. The van der Waals surface area contributed by atoms with E-state index < -0.39 is 0 Å². The average Bonchev–Trinajstić information content (AvgIpc) is 2.25. The normalized spacial score (nSPS) is 11.5. The van der Waals surface area contributed by atoms with E-state index in [1.54, 1.807) is 6.92 Å². The van der Waals surface area contributed by atoms with Crippen molar-refractivity contribution >= 4 is 11.4 Å². The van der Waals surface area contributed by atoms with Gasteiger partial charge in [0.15, 0.2) is 0 Å². The van der Waals surface area contributed by atoms with Crippen molar-refractivity contribution in [1.29, 1.82) is 0 Å². The van der Waals surface area contributed by atoms with Crippen LogP contribution in [-0.2, 0) is 4.79 Å². The lowest BCUT2D eigenvalue weighted by Crippen LogP contribution is -1.91. The molecule has 1 rings (SSSR count). The largest absolute Gasteiger partial charge is 0.300 e. The van der Waals surface area contributed by atoms with E-state index in [1.165, 1.54) is 11.1 Å². The van der Waals surface area contributed by atoms with Gasteiger partial charge < -0.3 is 4.79 Å². The molecule has 0 aromatic heterocycles. The third-order valence-electron chi connectivity index (χ3n) is 2.47. The molecule has 0 saturated carbocycles. The number of hydrogen-bond donors (Lipinski definition) is 0. The molecule has 0 saturated heterocycles. The Hall–Kier alpha value is -1.37. The van der Waals surface area contributed by atoms with Crippen molar-refractivity contribution < 1.29 is 4.79 Å². The van der Waals surface area contributed by atoms with Gasteiger partial charge in [0.2, 0.25) is 0 Å². The highest BCUT2D eigenvalue weighted by Crippen LogP contribution is 2.20. The Kier molecular flexibility index (Phi) is 4.82. The summed E-state index contributed by atoms with van der Waals surface area (Å²) in [6.07, 6.45) is 4.75. The number of Topliss-reactive ketones (excluding diaryl/α,β-unsaturated/α-hetero) is 1. The van der Waals surface area contributed by atoms with Crippen LogP contribution < -0.4 is 0 Å². The van der Waals surface area contributed by atoms with Crippen LogP contribution in [0.4, 0.5) is 0 Å². The lowest BCUT2D eigenvalue weighted by molar-refractivity contribution is -0.117. The van der Waals surface area contributed by atoms with Crippen LogP contribution in [0.15, 0.2) is 36.4 Å². The van der Waals surface area contributed by atoms with Crippen molar-refractivity contribution in [3.8, 4) is 0 Å². The van der Waals surface area contributed by atoms with Crippen LogP contribution in [0.5, 0.6) is 0 Å². The average molecular weight is 202 g/mol. The van der Waals surface area contributed by atoms with Crippen LogP contribution in [0.3, 0.4) is 0 Å². The van der Waals surface area contributed by atoms with E-state index in [0.29, 0.717) is 6.42 Å². The molecule has 1 heteroatoms. The first-order valence-electron chi connectivity index (χ1n) is 5.44. The molecule has 0 atom stereocenters. The number of carbonyl (C=O) groups excluding carboxylic acids is 1. The summed E-state index contributed by atoms with van der Waals surface area (Å²) in [6.45, 7) is 3.70. The molecule has 80 valence electrons. The van der Waals surface area contributed by atoms with Gasteiger partial charge in [-0.1, -0.05) is 36.4 Å². The minimum absolute atomic E-state index is 0.276. The molecule has 0 spiro atoms. The summed E-state index contributed by atoms with van der Waals surface area (Å²) in [7, 11) is 0. The number of carbonyl (C=O) groups is 1. The van der Waals surface area contributed by atoms with Crippen LogP contribution in [-0.4, -0.2) is 5.78 Å². The summed E-state index contributed by atoms with van der Waals surface area (Å²) in [6, 6.07) is 10.3. The van der Waals surface area contributed by atoms with E-state index >= 15 is 0 Å². The first kappa shape index (κ1) is 11.7. The molecular formula is C14H18O. The molecule has 0 aliphatic carbocycles. The fourth-order valence-corrected chi connectivity index (χ4v) is 1.64. The smallest absolute Gasteiger partial charge is 0.129 e. The zero-order chi connectivity index (χ0) is 11.1. The van der Waals surface area contributed by atoms with Gasteiger partial charge in [0.1, 0.15) is 5.78 Å². The van der Waals surface area contributed by atoms with E-state index in [-0.39, 0.29) is 5.78 Å². The number of hydrogen-bond acceptors (Lipinski definition) is 1. The van der Waals surface area contributed by atoms with Gasteiger partial charge in [-0.3, -0.25) is 0 Å². The van der Waals surface area contributed by atoms with Crippen LogP contribution in [0.2, 0.25) is 0 Å². The minimum atomic E-state index is 0.276. The van der Waals surface area contributed by atoms with Crippen molar-refractivity contribution in [2.45, 2.75) is 33.1 Å². The lowest BCUT2D eigenvalue weighted by atomic mass is 9.99. The van der Waals surface area contributed by atoms with E-state index in [1.807, 2.05) is 18.2 Å². The molecule has 15 heavy (non-hydrogen) atoms. The van der Waals surface area contributed by atoms with E-state index in [9.17, 15) is 4.79 Å². The summed E-state index contributed by atoms with van der Waals surface area (Å²) < 4.78 is 0. The Bertz CT molecular complexity index is 336. The molecule has 0 bridgehead atoms. The molecule has 0 unspecified atom stereocenters. The Morgan fingerprint density at radius 2 is 1.87 bits per heavy atom. The second kappa shape index (κ2) is 6.18. The zero-order valence-electron chi connectivity index (χ0n) is 9.49. The van der Waals surface area contributed by atoms with Gasteiger partial charge in [0.25, 0.3) is 0 Å². The number of rotatable bonds is 5. The SMILES string of the molecule is C/C=C(\CCCC(C)=O)c1ccccc1. The highest BCUT2D eigenvalue weighted by atomic mass is 16.1. The highest BCUT2D eigenvalue weighted by Gasteiger charge is 2.00. The van der Waals surface area contributed by atoms with Gasteiger partial charge in [-0.2, -0.15) is 0 Å². The number of ketones is 1. The predicted molar refractivity (Wildman–Crippen MR) is 64.6 cm³/mol. The maximum Gasteiger partial charge on any atom is 0.129 e. The molecule has 0 fully saturated rings. The molecule has 0 amide bonds. The Morgan fingerprint density at radius 3 is 2.40 bits per heavy atom. The van der Waals surface area contributed by atoms with Crippen LogP contribution in [0.1, 0.15) is 38.7 Å². The second-order valence-electron chi connectivity index (χ2n) is 3.74. The first-order chi connectivity index (χ1) is 7.24. The summed E-state index contributed by atoms with van der Waals surface area (Å²) in [5, 5.41) is 0. The van der Waals surface area contributed by atoms with Crippen molar-refractivity contribution in [3.63, 3.8) is 0 Å². The first-order valence-corrected chi connectivity index (χ1v) is 5.44. The Morgan fingerprint density at radius 1 is 1.20 bits per heavy atom. The van der Waals surface area contributed by atoms with Gasteiger partial charge in [0, 0.05) is 6.42 Å². The van der Waals surface area contributed by atoms with E-state index in [4.69, 9.17) is 0 Å². The molecule has 1 aromatic carbocycles. The molecule has 0 N–H and O–H groups in total. The third kappa shape index (κ3) is 4.11. The molecule has 0 aliphatic rings. The van der Waals surface area contributed by atoms with Crippen LogP contribution in [0, 0.1) is 0 Å². The van der Waals surface area contributed by atoms with E-state index in [0.717, 1.165) is 12.8 Å². The van der Waals surface area contributed by atoms with Crippen molar-refractivity contribution in [3.05, 3.63) is 42.0 Å². The fourth-order valence-electron chi connectivity index (χ4n) is 1.64. The summed E-state index contributed by atoms with van der Waals surface area (Å²) in [4.78, 5) is 10.8. The van der Waals surface area contributed by atoms with Crippen molar-refractivity contribution in [2.24, 2.45) is 0 Å². The van der Waals surface area contributed by atoms with Gasteiger partial charge in [-0.15, -0.1) is 0 Å². The van der Waals surface area contributed by atoms with Gasteiger partial charge >= 0.3 is 0 Å². The quantitative estimate of drug-likeness (QED) is 0.708. The summed E-state index contributed by atoms with van der Waals surface area (Å²) >= 11 is 0. The topological polar surface area (TPSA) is 17.1 Å². The standard InChI is InChI=1S/C14H18O/c1-3-13(11-7-8-12(2)15)14-9-5-4-6-10-14/h3-6,9-10H,7-8,11H2,1-2H3/b13-3+. The Balaban J connectivity index is 2.55. The Labute approximate surface area is 91.8 Å². The van der Waals surface area contributed by atoms with Crippen LogP contribution >= 0.6 is 0 Å². The molecule has 0 radical (unpaired) electrons. The molecule has 1 nitrogen and oxygen atoms in total.